The minimum absolute atomic E-state index is 0.109. The number of halogens is 1. The zero-order chi connectivity index (χ0) is 13.8. The number of aromatic nitrogens is 4. The number of hydrogen-bond acceptors (Lipinski definition) is 6. The fourth-order valence-electron chi connectivity index (χ4n) is 1.33. The van der Waals surface area contributed by atoms with Crippen LogP contribution < -0.4 is 4.74 Å². The predicted octanol–water partition coefficient (Wildman–Crippen LogP) is 1.61. The molecular formula is C10H9BrN4O3S. The van der Waals surface area contributed by atoms with Crippen molar-refractivity contribution in [3.63, 3.8) is 0 Å². The summed E-state index contributed by atoms with van der Waals surface area (Å²) in [4.78, 5) is 10.6. The Hall–Kier alpha value is -1.61. The molecule has 1 N–H and O–H groups in total. The fraction of sp³-hybridized carbons (Fsp3) is 0.200. The summed E-state index contributed by atoms with van der Waals surface area (Å²) in [5, 5.41) is 20.3. The number of ether oxygens (including phenoxy) is 1. The summed E-state index contributed by atoms with van der Waals surface area (Å²) in [6.45, 7) is 0. The van der Waals surface area contributed by atoms with Gasteiger partial charge < -0.3 is 9.84 Å². The molecule has 0 spiro atoms. The minimum Gasteiger partial charge on any atom is -0.497 e. The number of tetrazole rings is 1. The maximum Gasteiger partial charge on any atom is 0.313 e. The summed E-state index contributed by atoms with van der Waals surface area (Å²) in [6, 6.07) is 5.36. The maximum atomic E-state index is 10.6. The van der Waals surface area contributed by atoms with E-state index in [-0.39, 0.29) is 5.75 Å². The van der Waals surface area contributed by atoms with Crippen LogP contribution in [0.15, 0.2) is 27.8 Å². The Bertz CT molecular complexity index is 604. The van der Waals surface area contributed by atoms with E-state index in [1.807, 2.05) is 6.07 Å². The molecule has 2 rings (SSSR count). The first-order valence-electron chi connectivity index (χ1n) is 5.08. The average Bonchev–Trinajstić information content (AvgIpc) is 2.85. The molecular weight excluding hydrogens is 336 g/mol. The van der Waals surface area contributed by atoms with E-state index in [0.717, 1.165) is 16.2 Å². The lowest BCUT2D eigenvalue weighted by Gasteiger charge is -2.08. The number of aliphatic carboxylic acids is 1. The van der Waals surface area contributed by atoms with E-state index >= 15 is 0 Å². The highest BCUT2D eigenvalue weighted by atomic mass is 79.9. The van der Waals surface area contributed by atoms with Crippen molar-refractivity contribution < 1.29 is 14.6 Å². The van der Waals surface area contributed by atoms with Crippen LogP contribution in [0.25, 0.3) is 5.69 Å². The number of rotatable bonds is 5. The van der Waals surface area contributed by atoms with Gasteiger partial charge in [0.1, 0.15) is 5.75 Å². The van der Waals surface area contributed by atoms with Gasteiger partial charge in [-0.05, 0) is 38.5 Å². The molecule has 1 aromatic carbocycles. The highest BCUT2D eigenvalue weighted by Crippen LogP contribution is 2.28. The summed E-state index contributed by atoms with van der Waals surface area (Å²) in [5.41, 5.74) is 0.678. The van der Waals surface area contributed by atoms with E-state index in [9.17, 15) is 4.79 Å². The standard InChI is InChI=1S/C10H9BrN4O3S/c1-18-6-2-3-7(11)8(4-6)15-10(12-13-14-15)19-5-9(16)17/h2-4H,5H2,1H3,(H,16,17). The van der Waals surface area contributed by atoms with E-state index in [4.69, 9.17) is 9.84 Å². The minimum atomic E-state index is -0.927. The first-order valence-corrected chi connectivity index (χ1v) is 6.86. The Kier molecular flexibility index (Phi) is 4.38. The van der Waals surface area contributed by atoms with Gasteiger partial charge in [0.15, 0.2) is 0 Å². The fourth-order valence-corrected chi connectivity index (χ4v) is 2.35. The SMILES string of the molecule is COc1ccc(Br)c(-n2nnnc2SCC(=O)O)c1. The molecule has 0 fully saturated rings. The molecule has 0 aliphatic carbocycles. The van der Waals surface area contributed by atoms with Gasteiger partial charge in [-0.3, -0.25) is 4.79 Å². The van der Waals surface area contributed by atoms with Gasteiger partial charge in [-0.1, -0.05) is 11.8 Å². The van der Waals surface area contributed by atoms with E-state index < -0.39 is 5.97 Å². The van der Waals surface area contributed by atoms with Crippen molar-refractivity contribution in [2.75, 3.05) is 12.9 Å². The largest absolute Gasteiger partial charge is 0.497 e. The molecule has 0 atom stereocenters. The number of carboxylic acid groups (broad SMARTS) is 1. The second kappa shape index (κ2) is 6.02. The zero-order valence-corrected chi connectivity index (χ0v) is 12.2. The van der Waals surface area contributed by atoms with Crippen molar-refractivity contribution in [1.82, 2.24) is 20.2 Å². The van der Waals surface area contributed by atoms with Gasteiger partial charge in [0.25, 0.3) is 0 Å². The molecule has 0 saturated carbocycles. The molecule has 0 radical (unpaired) electrons. The quantitative estimate of drug-likeness (QED) is 0.824. The van der Waals surface area contributed by atoms with Crippen LogP contribution in [0, 0.1) is 0 Å². The Balaban J connectivity index is 2.36. The third-order valence-corrected chi connectivity index (χ3v) is 3.72. The summed E-state index contributed by atoms with van der Waals surface area (Å²) >= 11 is 4.44. The van der Waals surface area contributed by atoms with E-state index in [1.165, 1.54) is 4.68 Å². The molecule has 0 amide bonds. The van der Waals surface area contributed by atoms with Crippen molar-refractivity contribution in [3.05, 3.63) is 22.7 Å². The number of benzene rings is 1. The van der Waals surface area contributed by atoms with Gasteiger partial charge in [-0.15, -0.1) is 5.10 Å². The van der Waals surface area contributed by atoms with Crippen molar-refractivity contribution in [2.45, 2.75) is 5.16 Å². The Morgan fingerprint density at radius 1 is 1.58 bits per heavy atom. The lowest BCUT2D eigenvalue weighted by molar-refractivity contribution is -0.133. The zero-order valence-electron chi connectivity index (χ0n) is 9.78. The molecule has 7 nitrogen and oxygen atoms in total. The van der Waals surface area contributed by atoms with Gasteiger partial charge >= 0.3 is 5.97 Å². The van der Waals surface area contributed by atoms with Gasteiger partial charge in [0, 0.05) is 10.5 Å². The van der Waals surface area contributed by atoms with Crippen molar-refractivity contribution >= 4 is 33.7 Å². The van der Waals surface area contributed by atoms with Crippen LogP contribution >= 0.6 is 27.7 Å². The molecule has 100 valence electrons. The summed E-state index contributed by atoms with van der Waals surface area (Å²) in [6.07, 6.45) is 0. The van der Waals surface area contributed by atoms with E-state index in [1.54, 1.807) is 19.2 Å². The molecule has 1 heterocycles. The molecule has 0 aliphatic rings. The molecule has 19 heavy (non-hydrogen) atoms. The number of methoxy groups -OCH3 is 1. The van der Waals surface area contributed by atoms with Crippen LogP contribution in [0.4, 0.5) is 0 Å². The topological polar surface area (TPSA) is 90.1 Å². The number of carboxylic acids is 1. The molecule has 9 heteroatoms. The summed E-state index contributed by atoms with van der Waals surface area (Å²) in [5.74, 6) is -0.380. The second-order valence-electron chi connectivity index (χ2n) is 3.37. The molecule has 0 unspecified atom stereocenters. The van der Waals surface area contributed by atoms with Crippen LogP contribution in [0.1, 0.15) is 0 Å². The van der Waals surface area contributed by atoms with Crippen molar-refractivity contribution in [1.29, 1.82) is 0 Å². The van der Waals surface area contributed by atoms with Crippen LogP contribution in [-0.2, 0) is 4.79 Å². The first kappa shape index (κ1) is 13.8. The van der Waals surface area contributed by atoms with Gasteiger partial charge in [0.05, 0.1) is 18.6 Å². The van der Waals surface area contributed by atoms with E-state index in [0.29, 0.717) is 16.6 Å². The van der Waals surface area contributed by atoms with Gasteiger partial charge in [0.2, 0.25) is 5.16 Å². The highest BCUT2D eigenvalue weighted by molar-refractivity contribution is 9.10. The number of carbonyl (C=O) groups is 1. The Morgan fingerprint density at radius 3 is 3.05 bits per heavy atom. The molecule has 0 bridgehead atoms. The second-order valence-corrected chi connectivity index (χ2v) is 5.17. The number of hydrogen-bond donors (Lipinski definition) is 1. The average molecular weight is 345 g/mol. The lowest BCUT2D eigenvalue weighted by Crippen LogP contribution is -2.04. The Labute approximate surface area is 121 Å². The van der Waals surface area contributed by atoms with Gasteiger partial charge in [-0.25, -0.2) is 0 Å². The highest BCUT2D eigenvalue weighted by Gasteiger charge is 2.14. The third kappa shape index (κ3) is 3.24. The summed E-state index contributed by atoms with van der Waals surface area (Å²) < 4.78 is 7.38. The normalized spacial score (nSPS) is 10.4. The Morgan fingerprint density at radius 2 is 2.37 bits per heavy atom. The lowest BCUT2D eigenvalue weighted by atomic mass is 10.3. The van der Waals surface area contributed by atoms with Crippen molar-refractivity contribution in [3.8, 4) is 11.4 Å². The predicted molar refractivity (Wildman–Crippen MR) is 71.8 cm³/mol. The van der Waals surface area contributed by atoms with Gasteiger partial charge in [-0.2, -0.15) is 4.68 Å². The number of thioether (sulfide) groups is 1. The van der Waals surface area contributed by atoms with Crippen LogP contribution in [0.2, 0.25) is 0 Å². The monoisotopic (exact) mass is 344 g/mol. The maximum absolute atomic E-state index is 10.6. The molecule has 2 aromatic rings. The van der Waals surface area contributed by atoms with Crippen molar-refractivity contribution in [2.24, 2.45) is 0 Å². The third-order valence-electron chi connectivity index (χ3n) is 2.15. The van der Waals surface area contributed by atoms with E-state index in [2.05, 4.69) is 31.5 Å². The summed E-state index contributed by atoms with van der Waals surface area (Å²) in [7, 11) is 1.56. The molecule has 1 aromatic heterocycles. The number of nitrogens with zero attached hydrogens (tertiary/aromatic N) is 4. The van der Waals surface area contributed by atoms with Crippen LogP contribution in [0.5, 0.6) is 5.75 Å². The smallest absolute Gasteiger partial charge is 0.313 e. The van der Waals surface area contributed by atoms with Crippen LogP contribution in [-0.4, -0.2) is 44.1 Å². The first-order chi connectivity index (χ1) is 9.11. The molecule has 0 aliphatic heterocycles. The van der Waals surface area contributed by atoms with Crippen LogP contribution in [0.3, 0.4) is 0 Å². The molecule has 0 saturated heterocycles.